The van der Waals surface area contributed by atoms with E-state index < -0.39 is 4.92 Å². The Kier molecular flexibility index (Phi) is 3.34. The molecule has 2 heterocycles. The maximum atomic E-state index is 12.5. The van der Waals surface area contributed by atoms with Crippen molar-refractivity contribution in [3.05, 3.63) is 40.1 Å². The zero-order chi connectivity index (χ0) is 15.0. The van der Waals surface area contributed by atoms with Crippen molar-refractivity contribution in [2.75, 3.05) is 33.2 Å². The predicted molar refractivity (Wildman–Crippen MR) is 78.4 cm³/mol. The second kappa shape index (κ2) is 5.17. The molecule has 0 radical (unpaired) electrons. The number of piperazine rings is 1. The number of benzene rings is 1. The van der Waals surface area contributed by atoms with E-state index in [1.165, 1.54) is 6.07 Å². The number of nitrogens with zero attached hydrogens (tertiary/aromatic N) is 3. The largest absolute Gasteiger partial charge is 0.350 e. The monoisotopic (exact) mass is 288 g/mol. The Morgan fingerprint density at radius 3 is 2.67 bits per heavy atom. The lowest BCUT2D eigenvalue weighted by atomic mass is 10.2. The Morgan fingerprint density at radius 1 is 1.29 bits per heavy atom. The Morgan fingerprint density at radius 2 is 2.00 bits per heavy atom. The summed E-state index contributed by atoms with van der Waals surface area (Å²) < 4.78 is 0. The van der Waals surface area contributed by atoms with Crippen LogP contribution in [-0.4, -0.2) is 58.8 Å². The molecular weight excluding hydrogens is 272 g/mol. The van der Waals surface area contributed by atoms with Crippen LogP contribution in [0.2, 0.25) is 0 Å². The van der Waals surface area contributed by atoms with Crippen LogP contribution in [0.3, 0.4) is 0 Å². The number of hydrogen-bond acceptors (Lipinski definition) is 4. The van der Waals surface area contributed by atoms with E-state index in [9.17, 15) is 14.9 Å². The van der Waals surface area contributed by atoms with E-state index in [4.69, 9.17) is 0 Å². The van der Waals surface area contributed by atoms with Gasteiger partial charge in [0.1, 0.15) is 5.69 Å². The molecular formula is C14H16N4O3. The number of likely N-dealkylation sites (N-methyl/N-ethyl adjacent to an activating group) is 1. The number of amides is 1. The van der Waals surface area contributed by atoms with Gasteiger partial charge in [0.15, 0.2) is 0 Å². The molecule has 0 atom stereocenters. The van der Waals surface area contributed by atoms with Crippen LogP contribution in [0.5, 0.6) is 0 Å². The molecule has 1 saturated heterocycles. The van der Waals surface area contributed by atoms with E-state index in [1.807, 2.05) is 7.05 Å². The number of carbonyl (C=O) groups is 1. The molecule has 1 N–H and O–H groups in total. The van der Waals surface area contributed by atoms with E-state index in [2.05, 4.69) is 9.88 Å². The van der Waals surface area contributed by atoms with Crippen LogP contribution in [0, 0.1) is 10.1 Å². The van der Waals surface area contributed by atoms with Gasteiger partial charge in [0, 0.05) is 32.2 Å². The maximum absolute atomic E-state index is 12.5. The number of hydrogen-bond donors (Lipinski definition) is 1. The van der Waals surface area contributed by atoms with Crippen molar-refractivity contribution in [1.29, 1.82) is 0 Å². The average molecular weight is 288 g/mol. The molecule has 7 nitrogen and oxygen atoms in total. The summed E-state index contributed by atoms with van der Waals surface area (Å²) in [7, 11) is 2.02. The second-order valence-corrected chi connectivity index (χ2v) is 5.27. The Hall–Kier alpha value is -2.41. The minimum Gasteiger partial charge on any atom is -0.350 e. The fraction of sp³-hybridized carbons (Fsp3) is 0.357. The van der Waals surface area contributed by atoms with Gasteiger partial charge < -0.3 is 14.8 Å². The lowest BCUT2D eigenvalue weighted by Gasteiger charge is -2.32. The average Bonchev–Trinajstić information content (AvgIpc) is 2.90. The van der Waals surface area contributed by atoms with Crippen LogP contribution in [0.1, 0.15) is 10.5 Å². The lowest BCUT2D eigenvalue weighted by molar-refractivity contribution is -0.383. The van der Waals surface area contributed by atoms with Crippen molar-refractivity contribution < 1.29 is 9.72 Å². The Balaban J connectivity index is 1.92. The van der Waals surface area contributed by atoms with Gasteiger partial charge in [0.25, 0.3) is 11.6 Å². The van der Waals surface area contributed by atoms with E-state index in [-0.39, 0.29) is 11.6 Å². The predicted octanol–water partition coefficient (Wildman–Crippen LogP) is 1.46. The number of nitrogens with one attached hydrogen (secondary N) is 1. The summed E-state index contributed by atoms with van der Waals surface area (Å²) in [6, 6.07) is 6.37. The van der Waals surface area contributed by atoms with Crippen molar-refractivity contribution in [2.45, 2.75) is 0 Å². The molecule has 1 aliphatic rings. The van der Waals surface area contributed by atoms with Crippen LogP contribution in [0.15, 0.2) is 24.3 Å². The van der Waals surface area contributed by atoms with Crippen molar-refractivity contribution in [2.24, 2.45) is 0 Å². The van der Waals surface area contributed by atoms with E-state index in [1.54, 1.807) is 23.1 Å². The molecule has 2 aromatic rings. The molecule has 1 aromatic heterocycles. The van der Waals surface area contributed by atoms with E-state index in [0.717, 1.165) is 13.1 Å². The fourth-order valence-corrected chi connectivity index (χ4v) is 2.59. The molecule has 1 fully saturated rings. The molecule has 7 heteroatoms. The molecule has 0 bridgehead atoms. The molecule has 0 aliphatic carbocycles. The fourth-order valence-electron chi connectivity index (χ4n) is 2.59. The molecule has 0 unspecified atom stereocenters. The summed E-state index contributed by atoms with van der Waals surface area (Å²) in [5, 5.41) is 11.5. The Labute approximate surface area is 121 Å². The third kappa shape index (κ3) is 2.47. The first-order valence-electron chi connectivity index (χ1n) is 6.80. The number of nitro benzene ring substituents is 1. The summed E-state index contributed by atoms with van der Waals surface area (Å²) in [5.41, 5.74) is 1.03. The van der Waals surface area contributed by atoms with Gasteiger partial charge in [-0.15, -0.1) is 0 Å². The van der Waals surface area contributed by atoms with Crippen LogP contribution in [0.4, 0.5) is 5.69 Å². The standard InChI is InChI=1S/C14H16N4O3/c1-16-5-7-17(8-6-16)14(19)12-9-10-11(15-12)3-2-4-13(10)18(20)21/h2-4,9,15H,5-8H2,1H3. The summed E-state index contributed by atoms with van der Waals surface area (Å²) in [5.74, 6) is -0.103. The molecule has 1 aromatic carbocycles. The highest BCUT2D eigenvalue weighted by atomic mass is 16.6. The van der Waals surface area contributed by atoms with Gasteiger partial charge in [-0.2, -0.15) is 0 Å². The molecule has 1 amide bonds. The molecule has 3 rings (SSSR count). The van der Waals surface area contributed by atoms with Crippen LogP contribution >= 0.6 is 0 Å². The molecule has 1 aliphatic heterocycles. The Bertz CT molecular complexity index is 701. The van der Waals surface area contributed by atoms with Crippen LogP contribution < -0.4 is 0 Å². The van der Waals surface area contributed by atoms with Gasteiger partial charge in [-0.25, -0.2) is 0 Å². The third-order valence-electron chi connectivity index (χ3n) is 3.86. The highest BCUT2D eigenvalue weighted by Gasteiger charge is 2.23. The first-order valence-corrected chi connectivity index (χ1v) is 6.80. The van der Waals surface area contributed by atoms with Crippen molar-refractivity contribution in [3.63, 3.8) is 0 Å². The molecule has 0 saturated carbocycles. The minimum absolute atomic E-state index is 0.0150. The van der Waals surface area contributed by atoms with E-state index >= 15 is 0 Å². The summed E-state index contributed by atoms with van der Waals surface area (Å²) in [4.78, 5) is 30.0. The van der Waals surface area contributed by atoms with Crippen molar-refractivity contribution >= 4 is 22.5 Å². The number of non-ortho nitro benzene ring substituents is 1. The zero-order valence-corrected chi connectivity index (χ0v) is 11.7. The number of rotatable bonds is 2. The first kappa shape index (κ1) is 13.6. The first-order chi connectivity index (χ1) is 10.1. The van der Waals surface area contributed by atoms with Crippen LogP contribution in [0.25, 0.3) is 10.9 Å². The number of carbonyl (C=O) groups excluding carboxylic acids is 1. The highest BCUT2D eigenvalue weighted by molar-refractivity contribution is 6.00. The maximum Gasteiger partial charge on any atom is 0.278 e. The molecule has 110 valence electrons. The number of aromatic amines is 1. The van der Waals surface area contributed by atoms with Gasteiger partial charge in [-0.05, 0) is 19.2 Å². The topological polar surface area (TPSA) is 82.5 Å². The SMILES string of the molecule is CN1CCN(C(=O)c2cc3c([N+](=O)[O-])cccc3[nH]2)CC1. The van der Waals surface area contributed by atoms with Crippen molar-refractivity contribution in [1.82, 2.24) is 14.8 Å². The quantitative estimate of drug-likeness (QED) is 0.670. The van der Waals surface area contributed by atoms with Gasteiger partial charge in [-0.1, -0.05) is 6.07 Å². The van der Waals surface area contributed by atoms with Crippen LogP contribution in [-0.2, 0) is 0 Å². The smallest absolute Gasteiger partial charge is 0.278 e. The molecule has 0 spiro atoms. The number of H-pyrrole nitrogens is 1. The van der Waals surface area contributed by atoms with Crippen molar-refractivity contribution in [3.8, 4) is 0 Å². The molecule has 21 heavy (non-hydrogen) atoms. The lowest BCUT2D eigenvalue weighted by Crippen LogP contribution is -2.47. The summed E-state index contributed by atoms with van der Waals surface area (Å²) in [6.45, 7) is 3.03. The zero-order valence-electron chi connectivity index (χ0n) is 11.7. The highest BCUT2D eigenvalue weighted by Crippen LogP contribution is 2.26. The number of fused-ring (bicyclic) bond motifs is 1. The summed E-state index contributed by atoms with van der Waals surface area (Å²) in [6.07, 6.45) is 0. The van der Waals surface area contributed by atoms with Gasteiger partial charge in [0.2, 0.25) is 0 Å². The van der Waals surface area contributed by atoms with Gasteiger partial charge >= 0.3 is 0 Å². The number of nitro groups is 1. The normalized spacial score (nSPS) is 16.3. The second-order valence-electron chi connectivity index (χ2n) is 5.27. The summed E-state index contributed by atoms with van der Waals surface area (Å²) >= 11 is 0. The van der Waals surface area contributed by atoms with E-state index in [0.29, 0.717) is 29.7 Å². The van der Waals surface area contributed by atoms with Gasteiger partial charge in [0.05, 0.1) is 15.8 Å². The minimum atomic E-state index is -0.430. The van der Waals surface area contributed by atoms with Gasteiger partial charge in [-0.3, -0.25) is 14.9 Å². The number of aromatic nitrogens is 1. The third-order valence-corrected chi connectivity index (χ3v) is 3.86.